The molecule has 1 N–H and O–H groups in total. The van der Waals surface area contributed by atoms with Gasteiger partial charge < -0.3 is 14.4 Å². The second-order valence-electron chi connectivity index (χ2n) is 5.12. The quantitative estimate of drug-likeness (QED) is 0.767. The number of aliphatic carboxylic acids is 1. The molecule has 2 fully saturated rings. The summed E-state index contributed by atoms with van der Waals surface area (Å²) in [6, 6.07) is 0.477. The molecule has 19 heavy (non-hydrogen) atoms. The van der Waals surface area contributed by atoms with Crippen LogP contribution in [0.3, 0.4) is 0 Å². The molecule has 0 saturated heterocycles. The summed E-state index contributed by atoms with van der Waals surface area (Å²) in [5.41, 5.74) is 0. The standard InChI is InChI=1S/C12H17N3O3S/c1-18-6-9(11(16)17)19-12-14-13-10(7-2-3-7)15(12)8-4-5-8/h7-9H,2-6H2,1H3,(H,16,17). The Morgan fingerprint density at radius 1 is 1.47 bits per heavy atom. The summed E-state index contributed by atoms with van der Waals surface area (Å²) in [4.78, 5) is 11.2. The Bertz CT molecular complexity index is 483. The lowest BCUT2D eigenvalue weighted by molar-refractivity contribution is -0.137. The molecular weight excluding hydrogens is 266 g/mol. The maximum atomic E-state index is 11.2. The highest BCUT2D eigenvalue weighted by Gasteiger charge is 2.37. The van der Waals surface area contributed by atoms with E-state index in [-0.39, 0.29) is 6.61 Å². The Kier molecular flexibility index (Phi) is 3.49. The van der Waals surface area contributed by atoms with Gasteiger partial charge in [-0.3, -0.25) is 4.79 Å². The number of hydrogen-bond acceptors (Lipinski definition) is 5. The Balaban J connectivity index is 1.81. The van der Waals surface area contributed by atoms with E-state index < -0.39 is 11.2 Å². The van der Waals surface area contributed by atoms with Crippen LogP contribution in [0.4, 0.5) is 0 Å². The van der Waals surface area contributed by atoms with Crippen LogP contribution in [0.1, 0.15) is 43.5 Å². The van der Waals surface area contributed by atoms with E-state index in [1.165, 1.54) is 31.7 Å². The highest BCUT2D eigenvalue weighted by atomic mass is 32.2. The topological polar surface area (TPSA) is 77.2 Å². The van der Waals surface area contributed by atoms with E-state index in [1.54, 1.807) is 0 Å². The van der Waals surface area contributed by atoms with Gasteiger partial charge in [-0.05, 0) is 25.7 Å². The number of carbonyl (C=O) groups is 1. The van der Waals surface area contributed by atoms with Gasteiger partial charge in [0.25, 0.3) is 0 Å². The molecular formula is C12H17N3O3S. The minimum Gasteiger partial charge on any atom is -0.480 e. The molecule has 6 nitrogen and oxygen atoms in total. The van der Waals surface area contributed by atoms with Crippen molar-refractivity contribution in [2.45, 2.75) is 48.0 Å². The monoisotopic (exact) mass is 283 g/mol. The van der Waals surface area contributed by atoms with E-state index in [9.17, 15) is 9.90 Å². The number of carboxylic acid groups (broad SMARTS) is 1. The lowest BCUT2D eigenvalue weighted by Crippen LogP contribution is -2.22. The Hall–Kier alpha value is -1.08. The van der Waals surface area contributed by atoms with E-state index in [0.717, 1.165) is 23.8 Å². The van der Waals surface area contributed by atoms with E-state index in [0.29, 0.717) is 12.0 Å². The second kappa shape index (κ2) is 5.13. The van der Waals surface area contributed by atoms with Gasteiger partial charge in [-0.2, -0.15) is 0 Å². The molecule has 0 amide bonds. The minimum absolute atomic E-state index is 0.177. The summed E-state index contributed by atoms with van der Waals surface area (Å²) >= 11 is 1.25. The van der Waals surface area contributed by atoms with Crippen molar-refractivity contribution in [3.63, 3.8) is 0 Å². The van der Waals surface area contributed by atoms with Crippen molar-refractivity contribution in [2.24, 2.45) is 0 Å². The van der Waals surface area contributed by atoms with Gasteiger partial charge in [-0.1, -0.05) is 11.8 Å². The van der Waals surface area contributed by atoms with E-state index >= 15 is 0 Å². The zero-order valence-corrected chi connectivity index (χ0v) is 11.6. The molecule has 0 aliphatic heterocycles. The van der Waals surface area contributed by atoms with E-state index in [4.69, 9.17) is 4.74 Å². The fourth-order valence-corrected chi connectivity index (χ4v) is 3.10. The lowest BCUT2D eigenvalue weighted by atomic mass is 10.4. The van der Waals surface area contributed by atoms with Crippen LogP contribution in [0, 0.1) is 0 Å². The molecule has 2 saturated carbocycles. The van der Waals surface area contributed by atoms with Gasteiger partial charge in [0, 0.05) is 19.1 Å². The van der Waals surface area contributed by atoms with Crippen molar-refractivity contribution in [3.8, 4) is 0 Å². The fourth-order valence-electron chi connectivity index (χ4n) is 2.10. The number of ether oxygens (including phenoxy) is 1. The van der Waals surface area contributed by atoms with Crippen molar-refractivity contribution >= 4 is 17.7 Å². The first kappa shape index (κ1) is 12.9. The van der Waals surface area contributed by atoms with E-state index in [2.05, 4.69) is 14.8 Å². The van der Waals surface area contributed by atoms with Gasteiger partial charge in [0.1, 0.15) is 11.1 Å². The van der Waals surface area contributed by atoms with Gasteiger partial charge in [0.15, 0.2) is 5.16 Å². The first-order valence-corrected chi connectivity index (χ1v) is 7.42. The van der Waals surface area contributed by atoms with Gasteiger partial charge >= 0.3 is 5.97 Å². The number of thioether (sulfide) groups is 1. The van der Waals surface area contributed by atoms with Crippen LogP contribution in [0.25, 0.3) is 0 Å². The molecule has 1 heterocycles. The van der Waals surface area contributed by atoms with Gasteiger partial charge in [0.2, 0.25) is 0 Å². The highest BCUT2D eigenvalue weighted by molar-refractivity contribution is 8.00. The Morgan fingerprint density at radius 3 is 2.74 bits per heavy atom. The lowest BCUT2D eigenvalue weighted by Gasteiger charge is -2.12. The third-order valence-electron chi connectivity index (χ3n) is 3.39. The second-order valence-corrected chi connectivity index (χ2v) is 6.29. The van der Waals surface area contributed by atoms with Crippen LogP contribution in [-0.2, 0) is 9.53 Å². The number of methoxy groups -OCH3 is 1. The van der Waals surface area contributed by atoms with Crippen LogP contribution < -0.4 is 0 Å². The molecule has 7 heteroatoms. The molecule has 0 spiro atoms. The molecule has 0 aromatic carbocycles. The third-order valence-corrected chi connectivity index (χ3v) is 4.50. The van der Waals surface area contributed by atoms with Crippen molar-refractivity contribution in [2.75, 3.05) is 13.7 Å². The summed E-state index contributed by atoms with van der Waals surface area (Å²) < 4.78 is 7.12. The minimum atomic E-state index is -0.870. The number of carboxylic acids is 1. The van der Waals surface area contributed by atoms with Crippen LogP contribution in [-0.4, -0.2) is 44.8 Å². The van der Waals surface area contributed by atoms with Crippen molar-refractivity contribution in [1.82, 2.24) is 14.8 Å². The van der Waals surface area contributed by atoms with Crippen LogP contribution >= 0.6 is 11.8 Å². The fraction of sp³-hybridized carbons (Fsp3) is 0.750. The number of nitrogens with zero attached hydrogens (tertiary/aromatic N) is 3. The molecule has 1 unspecified atom stereocenters. The molecule has 2 aliphatic carbocycles. The summed E-state index contributed by atoms with van der Waals surface area (Å²) in [5.74, 6) is 0.713. The average Bonchev–Trinajstić information content (AvgIpc) is 3.28. The zero-order chi connectivity index (χ0) is 13.4. The average molecular weight is 283 g/mol. The third kappa shape index (κ3) is 2.76. The SMILES string of the molecule is COCC(Sc1nnc(C2CC2)n1C1CC1)C(=O)O. The Labute approximate surface area is 115 Å². The molecule has 1 atom stereocenters. The first-order valence-electron chi connectivity index (χ1n) is 6.54. The predicted molar refractivity (Wildman–Crippen MR) is 69.4 cm³/mol. The number of aromatic nitrogens is 3. The predicted octanol–water partition coefficient (Wildman–Crippen LogP) is 1.68. The largest absolute Gasteiger partial charge is 0.480 e. The van der Waals surface area contributed by atoms with Crippen LogP contribution in [0.5, 0.6) is 0 Å². The molecule has 1 aromatic rings. The van der Waals surface area contributed by atoms with Crippen LogP contribution in [0.2, 0.25) is 0 Å². The number of rotatable bonds is 7. The van der Waals surface area contributed by atoms with Crippen LogP contribution in [0.15, 0.2) is 5.16 Å². The molecule has 1 aromatic heterocycles. The van der Waals surface area contributed by atoms with E-state index in [1.807, 2.05) is 0 Å². The molecule has 0 bridgehead atoms. The normalized spacial score (nSPS) is 20.5. The van der Waals surface area contributed by atoms with Crippen molar-refractivity contribution < 1.29 is 14.6 Å². The molecule has 2 aliphatic rings. The molecule has 3 rings (SSSR count). The smallest absolute Gasteiger partial charge is 0.319 e. The van der Waals surface area contributed by atoms with Gasteiger partial charge in [-0.25, -0.2) is 0 Å². The molecule has 0 radical (unpaired) electrons. The zero-order valence-electron chi connectivity index (χ0n) is 10.8. The maximum absolute atomic E-state index is 11.2. The van der Waals surface area contributed by atoms with Gasteiger partial charge in [0.05, 0.1) is 6.61 Å². The summed E-state index contributed by atoms with van der Waals surface area (Å²) in [6.45, 7) is 0.177. The summed E-state index contributed by atoms with van der Waals surface area (Å²) in [7, 11) is 1.51. The Morgan fingerprint density at radius 2 is 2.21 bits per heavy atom. The molecule has 104 valence electrons. The van der Waals surface area contributed by atoms with Crippen molar-refractivity contribution in [3.05, 3.63) is 5.82 Å². The maximum Gasteiger partial charge on any atom is 0.319 e. The van der Waals surface area contributed by atoms with Crippen molar-refractivity contribution in [1.29, 1.82) is 0 Å². The summed E-state index contributed by atoms with van der Waals surface area (Å²) in [5, 5.41) is 17.8. The van der Waals surface area contributed by atoms with Gasteiger partial charge in [-0.15, -0.1) is 10.2 Å². The first-order chi connectivity index (χ1) is 9.20. The summed E-state index contributed by atoms with van der Waals surface area (Å²) in [6.07, 6.45) is 4.65. The number of hydrogen-bond donors (Lipinski definition) is 1. The highest BCUT2D eigenvalue weighted by Crippen LogP contribution is 2.46.